The summed E-state index contributed by atoms with van der Waals surface area (Å²) >= 11 is 5.83. The summed E-state index contributed by atoms with van der Waals surface area (Å²) in [5.74, 6) is 0.462. The van der Waals surface area contributed by atoms with Gasteiger partial charge < -0.3 is 5.73 Å². The molecule has 78 valence electrons. The molecule has 0 spiro atoms. The first-order valence-corrected chi connectivity index (χ1v) is 5.41. The third-order valence-corrected chi connectivity index (χ3v) is 3.35. The first-order chi connectivity index (χ1) is 6.48. The van der Waals surface area contributed by atoms with Crippen LogP contribution in [0.15, 0.2) is 24.3 Å². The first-order valence-electron chi connectivity index (χ1n) is 5.03. The van der Waals surface area contributed by atoms with Gasteiger partial charge in [-0.25, -0.2) is 0 Å². The summed E-state index contributed by atoms with van der Waals surface area (Å²) in [6.45, 7) is 6.41. The molecule has 0 aliphatic rings. The third-order valence-electron chi connectivity index (χ3n) is 3.10. The van der Waals surface area contributed by atoms with Crippen LogP contribution < -0.4 is 5.73 Å². The van der Waals surface area contributed by atoms with Crippen molar-refractivity contribution in [2.75, 3.05) is 0 Å². The third kappa shape index (κ3) is 2.28. The zero-order valence-electron chi connectivity index (χ0n) is 9.05. The fraction of sp³-hybridized carbons (Fsp3) is 0.500. The first kappa shape index (κ1) is 11.5. The molecular weight excluding hydrogens is 194 g/mol. The molecule has 1 nitrogen and oxygen atoms in total. The largest absolute Gasteiger partial charge is 0.321 e. The van der Waals surface area contributed by atoms with Crippen LogP contribution in [0.25, 0.3) is 0 Å². The van der Waals surface area contributed by atoms with Crippen LogP contribution in [0.4, 0.5) is 0 Å². The minimum Gasteiger partial charge on any atom is -0.321 e. The van der Waals surface area contributed by atoms with Gasteiger partial charge in [-0.1, -0.05) is 44.0 Å². The lowest BCUT2D eigenvalue weighted by Gasteiger charge is -2.31. The Bertz CT molecular complexity index is 290. The number of halogens is 1. The Morgan fingerprint density at radius 3 is 2.29 bits per heavy atom. The maximum atomic E-state index is 6.30. The lowest BCUT2D eigenvalue weighted by Crippen LogP contribution is -2.39. The standard InChI is InChI=1S/C12H18ClN/c1-4-9(2)12(3,14)10-5-7-11(13)8-6-10/h5-9H,4,14H2,1-3H3. The maximum absolute atomic E-state index is 6.30. The summed E-state index contributed by atoms with van der Waals surface area (Å²) in [7, 11) is 0. The van der Waals surface area contributed by atoms with Gasteiger partial charge in [-0.05, 0) is 30.5 Å². The summed E-state index contributed by atoms with van der Waals surface area (Å²) in [6.07, 6.45) is 1.08. The topological polar surface area (TPSA) is 26.0 Å². The molecule has 0 fully saturated rings. The van der Waals surface area contributed by atoms with E-state index in [0.717, 1.165) is 17.0 Å². The Hall–Kier alpha value is -0.530. The molecule has 14 heavy (non-hydrogen) atoms. The predicted octanol–water partition coefficient (Wildman–Crippen LogP) is 3.56. The summed E-state index contributed by atoms with van der Waals surface area (Å²) in [5, 5.41) is 0.758. The monoisotopic (exact) mass is 211 g/mol. The van der Waals surface area contributed by atoms with E-state index in [1.54, 1.807) is 0 Å². The number of hydrogen-bond donors (Lipinski definition) is 1. The van der Waals surface area contributed by atoms with Crippen LogP contribution in [0.2, 0.25) is 5.02 Å². The fourth-order valence-electron chi connectivity index (χ4n) is 1.52. The van der Waals surface area contributed by atoms with E-state index in [0.29, 0.717) is 5.92 Å². The molecule has 0 amide bonds. The smallest absolute Gasteiger partial charge is 0.0406 e. The number of nitrogens with two attached hydrogens (primary N) is 1. The highest BCUT2D eigenvalue weighted by Crippen LogP contribution is 2.29. The average molecular weight is 212 g/mol. The predicted molar refractivity (Wildman–Crippen MR) is 62.4 cm³/mol. The number of rotatable bonds is 3. The molecule has 0 heterocycles. The van der Waals surface area contributed by atoms with Gasteiger partial charge in [0.15, 0.2) is 0 Å². The number of hydrogen-bond acceptors (Lipinski definition) is 1. The molecule has 0 radical (unpaired) electrons. The van der Waals surface area contributed by atoms with Crippen molar-refractivity contribution < 1.29 is 0 Å². The van der Waals surface area contributed by atoms with Crippen LogP contribution >= 0.6 is 11.6 Å². The van der Waals surface area contributed by atoms with E-state index in [-0.39, 0.29) is 5.54 Å². The van der Waals surface area contributed by atoms with E-state index in [1.165, 1.54) is 0 Å². The molecule has 0 bridgehead atoms. The van der Waals surface area contributed by atoms with Crippen molar-refractivity contribution in [1.29, 1.82) is 0 Å². The minimum absolute atomic E-state index is 0.265. The van der Waals surface area contributed by atoms with Crippen LogP contribution in [-0.2, 0) is 5.54 Å². The Balaban J connectivity index is 2.97. The van der Waals surface area contributed by atoms with Gasteiger partial charge in [-0.3, -0.25) is 0 Å². The normalized spacial score (nSPS) is 17.5. The molecule has 1 aromatic rings. The Labute approximate surface area is 91.3 Å². The quantitative estimate of drug-likeness (QED) is 0.813. The molecule has 1 aromatic carbocycles. The Morgan fingerprint density at radius 1 is 1.36 bits per heavy atom. The lowest BCUT2D eigenvalue weighted by atomic mass is 9.80. The van der Waals surface area contributed by atoms with Gasteiger partial charge in [-0.2, -0.15) is 0 Å². The molecule has 0 saturated heterocycles. The summed E-state index contributed by atoms with van der Waals surface area (Å²) in [4.78, 5) is 0. The average Bonchev–Trinajstić information content (AvgIpc) is 2.17. The van der Waals surface area contributed by atoms with Gasteiger partial charge in [0.1, 0.15) is 0 Å². The van der Waals surface area contributed by atoms with E-state index in [4.69, 9.17) is 17.3 Å². The van der Waals surface area contributed by atoms with Crippen molar-refractivity contribution >= 4 is 11.6 Å². The summed E-state index contributed by atoms with van der Waals surface area (Å²) in [5.41, 5.74) is 7.18. The van der Waals surface area contributed by atoms with Crippen molar-refractivity contribution in [3.05, 3.63) is 34.9 Å². The SMILES string of the molecule is CCC(C)C(C)(N)c1ccc(Cl)cc1. The molecule has 2 heteroatoms. The van der Waals surface area contributed by atoms with E-state index in [9.17, 15) is 0 Å². The van der Waals surface area contributed by atoms with E-state index in [1.807, 2.05) is 24.3 Å². The summed E-state index contributed by atoms with van der Waals surface area (Å²) < 4.78 is 0. The van der Waals surface area contributed by atoms with E-state index >= 15 is 0 Å². The molecule has 0 saturated carbocycles. The van der Waals surface area contributed by atoms with Crippen molar-refractivity contribution in [2.24, 2.45) is 11.7 Å². The molecule has 1 rings (SSSR count). The maximum Gasteiger partial charge on any atom is 0.0406 e. The van der Waals surface area contributed by atoms with Gasteiger partial charge in [0.2, 0.25) is 0 Å². The molecule has 0 aliphatic carbocycles. The second-order valence-electron chi connectivity index (χ2n) is 4.10. The van der Waals surface area contributed by atoms with Crippen LogP contribution in [0.5, 0.6) is 0 Å². The van der Waals surface area contributed by atoms with Crippen LogP contribution in [0.1, 0.15) is 32.8 Å². The zero-order chi connectivity index (χ0) is 10.8. The van der Waals surface area contributed by atoms with Crippen molar-refractivity contribution in [1.82, 2.24) is 0 Å². The van der Waals surface area contributed by atoms with E-state index < -0.39 is 0 Å². The highest BCUT2D eigenvalue weighted by atomic mass is 35.5. The van der Waals surface area contributed by atoms with Gasteiger partial charge in [-0.15, -0.1) is 0 Å². The summed E-state index contributed by atoms with van der Waals surface area (Å²) in [6, 6.07) is 7.80. The second-order valence-corrected chi connectivity index (χ2v) is 4.54. The van der Waals surface area contributed by atoms with E-state index in [2.05, 4.69) is 20.8 Å². The lowest BCUT2D eigenvalue weighted by molar-refractivity contribution is 0.316. The zero-order valence-corrected chi connectivity index (χ0v) is 9.81. The van der Waals surface area contributed by atoms with Crippen molar-refractivity contribution in [3.8, 4) is 0 Å². The van der Waals surface area contributed by atoms with Crippen molar-refractivity contribution in [2.45, 2.75) is 32.7 Å². The molecule has 2 N–H and O–H groups in total. The molecule has 0 aliphatic heterocycles. The molecular formula is C12H18ClN. The van der Waals surface area contributed by atoms with Gasteiger partial charge in [0.05, 0.1) is 0 Å². The van der Waals surface area contributed by atoms with Gasteiger partial charge >= 0.3 is 0 Å². The van der Waals surface area contributed by atoms with Gasteiger partial charge in [0, 0.05) is 10.6 Å². The van der Waals surface area contributed by atoms with Crippen LogP contribution in [-0.4, -0.2) is 0 Å². The highest BCUT2D eigenvalue weighted by molar-refractivity contribution is 6.30. The highest BCUT2D eigenvalue weighted by Gasteiger charge is 2.26. The molecule has 2 unspecified atom stereocenters. The minimum atomic E-state index is -0.265. The van der Waals surface area contributed by atoms with Crippen molar-refractivity contribution in [3.63, 3.8) is 0 Å². The second kappa shape index (κ2) is 4.33. The van der Waals surface area contributed by atoms with Crippen LogP contribution in [0, 0.1) is 5.92 Å². The van der Waals surface area contributed by atoms with Crippen LogP contribution in [0.3, 0.4) is 0 Å². The molecule has 0 aromatic heterocycles. The number of benzene rings is 1. The Morgan fingerprint density at radius 2 is 1.86 bits per heavy atom. The van der Waals surface area contributed by atoms with Gasteiger partial charge in [0.25, 0.3) is 0 Å². The Kier molecular flexibility index (Phi) is 3.57. The fourth-order valence-corrected chi connectivity index (χ4v) is 1.64. The molecule has 2 atom stereocenters.